The molecule has 2 rings (SSSR count). The highest BCUT2D eigenvalue weighted by Crippen LogP contribution is 2.55. The molecule has 2 fully saturated rings. The van der Waals surface area contributed by atoms with E-state index in [-0.39, 0.29) is 0 Å². The Morgan fingerprint density at radius 1 is 1.30 bits per heavy atom. The van der Waals surface area contributed by atoms with Crippen molar-refractivity contribution < 1.29 is 0 Å². The van der Waals surface area contributed by atoms with Crippen LogP contribution in [0.15, 0.2) is 0 Å². The van der Waals surface area contributed by atoms with Crippen molar-refractivity contribution in [1.82, 2.24) is 10.6 Å². The topological polar surface area (TPSA) is 24.1 Å². The first-order valence-corrected chi connectivity index (χ1v) is 4.12. The molecule has 0 amide bonds. The Balaban J connectivity index is 2.20. The van der Waals surface area contributed by atoms with E-state index < -0.39 is 0 Å². The first-order chi connectivity index (χ1) is 4.72. The highest BCUT2D eigenvalue weighted by atomic mass is 15.1. The lowest BCUT2D eigenvalue weighted by atomic mass is 9.86. The van der Waals surface area contributed by atoms with Crippen molar-refractivity contribution in [1.29, 1.82) is 0 Å². The van der Waals surface area contributed by atoms with E-state index in [1.807, 2.05) is 0 Å². The van der Waals surface area contributed by atoms with Crippen LogP contribution in [0, 0.1) is 5.41 Å². The monoisotopic (exact) mass is 140 g/mol. The van der Waals surface area contributed by atoms with Gasteiger partial charge in [0, 0.05) is 24.0 Å². The number of hydrogen-bond donors (Lipinski definition) is 2. The Bertz CT molecular complexity index is 151. The summed E-state index contributed by atoms with van der Waals surface area (Å²) in [5, 5.41) is 6.88. The zero-order chi connectivity index (χ0) is 7.24. The summed E-state index contributed by atoms with van der Waals surface area (Å²) in [6, 6.07) is 0. The molecule has 2 aliphatic rings. The molecule has 1 saturated carbocycles. The zero-order valence-electron chi connectivity index (χ0n) is 6.83. The van der Waals surface area contributed by atoms with E-state index in [2.05, 4.69) is 24.6 Å². The summed E-state index contributed by atoms with van der Waals surface area (Å²) in [5.74, 6) is 0. The second kappa shape index (κ2) is 1.74. The first-order valence-electron chi connectivity index (χ1n) is 4.12. The van der Waals surface area contributed by atoms with Gasteiger partial charge in [-0.2, -0.15) is 0 Å². The van der Waals surface area contributed by atoms with E-state index >= 15 is 0 Å². The van der Waals surface area contributed by atoms with Crippen LogP contribution in [0.25, 0.3) is 0 Å². The van der Waals surface area contributed by atoms with Crippen LogP contribution in [0.1, 0.15) is 19.8 Å². The van der Waals surface area contributed by atoms with Gasteiger partial charge in [-0.25, -0.2) is 0 Å². The van der Waals surface area contributed by atoms with Crippen molar-refractivity contribution in [3.8, 4) is 0 Å². The van der Waals surface area contributed by atoms with Gasteiger partial charge in [-0.05, 0) is 26.8 Å². The smallest absolute Gasteiger partial charge is 0.0344 e. The van der Waals surface area contributed by atoms with E-state index in [0.29, 0.717) is 11.0 Å². The molecule has 0 radical (unpaired) electrons. The summed E-state index contributed by atoms with van der Waals surface area (Å²) in [5.41, 5.74) is 1.01. The van der Waals surface area contributed by atoms with Crippen molar-refractivity contribution >= 4 is 0 Å². The minimum Gasteiger partial charge on any atom is -0.314 e. The van der Waals surface area contributed by atoms with Gasteiger partial charge in [-0.15, -0.1) is 0 Å². The van der Waals surface area contributed by atoms with Gasteiger partial charge in [0.1, 0.15) is 0 Å². The molecule has 2 heteroatoms. The van der Waals surface area contributed by atoms with Crippen molar-refractivity contribution in [3.05, 3.63) is 0 Å². The van der Waals surface area contributed by atoms with Crippen LogP contribution in [0.4, 0.5) is 0 Å². The Morgan fingerprint density at radius 2 is 2.00 bits per heavy atom. The molecule has 1 spiro atoms. The number of hydrogen-bond acceptors (Lipinski definition) is 2. The SMILES string of the molecule is CNC1(C)CNCC12CC2. The predicted octanol–water partition coefficient (Wildman–Crippen LogP) is 0.348. The Hall–Kier alpha value is -0.0800. The van der Waals surface area contributed by atoms with Gasteiger partial charge in [0.25, 0.3) is 0 Å². The Kier molecular flexibility index (Phi) is 1.15. The fourth-order valence-corrected chi connectivity index (χ4v) is 2.17. The van der Waals surface area contributed by atoms with E-state index in [1.165, 1.54) is 19.4 Å². The van der Waals surface area contributed by atoms with Gasteiger partial charge in [0.2, 0.25) is 0 Å². The highest BCUT2D eigenvalue weighted by Gasteiger charge is 2.58. The minimum atomic E-state index is 0.382. The fourth-order valence-electron chi connectivity index (χ4n) is 2.17. The summed E-state index contributed by atoms with van der Waals surface area (Å²) >= 11 is 0. The molecule has 1 saturated heterocycles. The molecule has 1 atom stereocenters. The second-order valence-corrected chi connectivity index (χ2v) is 3.97. The molecule has 10 heavy (non-hydrogen) atoms. The lowest BCUT2D eigenvalue weighted by molar-refractivity contribution is 0.294. The van der Waals surface area contributed by atoms with Crippen molar-refractivity contribution in [2.24, 2.45) is 5.41 Å². The second-order valence-electron chi connectivity index (χ2n) is 3.97. The summed E-state index contributed by atoms with van der Waals surface area (Å²) in [6.07, 6.45) is 2.83. The summed E-state index contributed by atoms with van der Waals surface area (Å²) < 4.78 is 0. The fraction of sp³-hybridized carbons (Fsp3) is 1.00. The quantitative estimate of drug-likeness (QED) is 0.549. The summed E-state index contributed by atoms with van der Waals surface area (Å²) in [7, 11) is 2.08. The maximum atomic E-state index is 3.45. The largest absolute Gasteiger partial charge is 0.314 e. The maximum Gasteiger partial charge on any atom is 0.0344 e. The Labute approximate surface area is 62.4 Å². The van der Waals surface area contributed by atoms with Gasteiger partial charge >= 0.3 is 0 Å². The molecule has 0 bridgehead atoms. The maximum absolute atomic E-state index is 3.45. The third-order valence-electron chi connectivity index (χ3n) is 3.52. The van der Waals surface area contributed by atoms with Crippen molar-refractivity contribution in [3.63, 3.8) is 0 Å². The van der Waals surface area contributed by atoms with Crippen molar-refractivity contribution in [2.75, 3.05) is 20.1 Å². The summed E-state index contributed by atoms with van der Waals surface area (Å²) in [4.78, 5) is 0. The average Bonchev–Trinajstić information content (AvgIpc) is 2.61. The molecular weight excluding hydrogens is 124 g/mol. The van der Waals surface area contributed by atoms with Crippen LogP contribution in [-0.2, 0) is 0 Å². The lowest BCUT2D eigenvalue weighted by Gasteiger charge is -2.30. The molecule has 2 nitrogen and oxygen atoms in total. The molecule has 1 aliphatic heterocycles. The van der Waals surface area contributed by atoms with Gasteiger partial charge in [0.05, 0.1) is 0 Å². The number of likely N-dealkylation sites (N-methyl/N-ethyl adjacent to an activating group) is 1. The van der Waals surface area contributed by atoms with Crippen LogP contribution in [0.5, 0.6) is 0 Å². The standard InChI is InChI=1S/C8H16N2/c1-7(9-2)5-10-6-8(7)3-4-8/h9-10H,3-6H2,1-2H3. The highest BCUT2D eigenvalue weighted by molar-refractivity contribution is 5.16. The third kappa shape index (κ3) is 0.611. The molecule has 0 aromatic rings. The van der Waals surface area contributed by atoms with E-state index in [0.717, 1.165) is 6.54 Å². The van der Waals surface area contributed by atoms with Crippen LogP contribution in [0.3, 0.4) is 0 Å². The minimum absolute atomic E-state index is 0.382. The summed E-state index contributed by atoms with van der Waals surface area (Å²) in [6.45, 7) is 4.70. The van der Waals surface area contributed by atoms with Crippen molar-refractivity contribution in [2.45, 2.75) is 25.3 Å². The van der Waals surface area contributed by atoms with Gasteiger partial charge in [-0.3, -0.25) is 0 Å². The van der Waals surface area contributed by atoms with Gasteiger partial charge in [-0.1, -0.05) is 0 Å². The molecule has 0 aromatic carbocycles. The number of rotatable bonds is 1. The van der Waals surface area contributed by atoms with Gasteiger partial charge < -0.3 is 10.6 Å². The van der Waals surface area contributed by atoms with Crippen LogP contribution < -0.4 is 10.6 Å². The lowest BCUT2D eigenvalue weighted by Crippen LogP contribution is -2.48. The van der Waals surface area contributed by atoms with E-state index in [1.54, 1.807) is 0 Å². The third-order valence-corrected chi connectivity index (χ3v) is 3.52. The van der Waals surface area contributed by atoms with E-state index in [4.69, 9.17) is 0 Å². The number of nitrogens with one attached hydrogen (secondary N) is 2. The molecule has 1 aliphatic carbocycles. The predicted molar refractivity (Wildman–Crippen MR) is 42.0 cm³/mol. The first kappa shape index (κ1) is 6.62. The van der Waals surface area contributed by atoms with Gasteiger partial charge in [0.15, 0.2) is 0 Å². The normalized spacial score (nSPS) is 42.6. The molecule has 0 aromatic heterocycles. The molecule has 2 N–H and O–H groups in total. The van der Waals surface area contributed by atoms with Crippen LogP contribution >= 0.6 is 0 Å². The molecule has 58 valence electrons. The van der Waals surface area contributed by atoms with Crippen LogP contribution in [0.2, 0.25) is 0 Å². The molecular formula is C8H16N2. The average molecular weight is 140 g/mol. The van der Waals surface area contributed by atoms with Crippen LogP contribution in [-0.4, -0.2) is 25.7 Å². The van der Waals surface area contributed by atoms with E-state index in [9.17, 15) is 0 Å². The Morgan fingerprint density at radius 3 is 2.40 bits per heavy atom. The zero-order valence-corrected chi connectivity index (χ0v) is 6.83. The molecule has 1 heterocycles. The molecule has 1 unspecified atom stereocenters.